The van der Waals surface area contributed by atoms with Crippen molar-refractivity contribution >= 4 is 11.1 Å². The maximum atomic E-state index is 10.5. The lowest BCUT2D eigenvalue weighted by atomic mass is 10.1. The molecule has 5 nitrogen and oxygen atoms in total. The monoisotopic (exact) mass is 237 g/mol. The van der Waals surface area contributed by atoms with Crippen LogP contribution < -0.4 is 0 Å². The molecule has 1 unspecified atom stereocenters. The van der Waals surface area contributed by atoms with E-state index in [1.54, 1.807) is 0 Å². The largest absolute Gasteiger partial charge is 0.772 e. The zero-order valence-corrected chi connectivity index (χ0v) is 9.14. The van der Waals surface area contributed by atoms with Crippen molar-refractivity contribution in [3.8, 4) is 11.3 Å². The van der Waals surface area contributed by atoms with Crippen molar-refractivity contribution < 1.29 is 13.4 Å². The van der Waals surface area contributed by atoms with E-state index >= 15 is 0 Å². The first kappa shape index (κ1) is 11.0. The summed E-state index contributed by atoms with van der Waals surface area (Å²) in [7, 11) is 0. The van der Waals surface area contributed by atoms with Crippen LogP contribution in [0.25, 0.3) is 11.3 Å². The lowest BCUT2D eigenvalue weighted by molar-refractivity contribution is 0.304. The Hall–Kier alpha value is -1.53. The van der Waals surface area contributed by atoms with Crippen molar-refractivity contribution in [1.29, 1.82) is 0 Å². The molecular weight excluding hydrogens is 228 g/mol. The minimum atomic E-state index is -2.07. The van der Waals surface area contributed by atoms with Gasteiger partial charge in [0, 0.05) is 17.7 Å². The Kier molecular flexibility index (Phi) is 3.43. The fourth-order valence-corrected chi connectivity index (χ4v) is 1.73. The summed E-state index contributed by atoms with van der Waals surface area (Å²) >= 11 is -2.07. The van der Waals surface area contributed by atoms with Gasteiger partial charge in [-0.15, -0.1) is 0 Å². The molecule has 1 heterocycles. The summed E-state index contributed by atoms with van der Waals surface area (Å²) in [6, 6.07) is 9.39. The van der Waals surface area contributed by atoms with E-state index in [-0.39, 0.29) is 5.75 Å². The van der Waals surface area contributed by atoms with Gasteiger partial charge in [-0.3, -0.25) is 4.21 Å². The van der Waals surface area contributed by atoms with Gasteiger partial charge >= 0.3 is 0 Å². The summed E-state index contributed by atoms with van der Waals surface area (Å²) in [6.07, 6.45) is 0.309. The van der Waals surface area contributed by atoms with Crippen molar-refractivity contribution in [3.63, 3.8) is 0 Å². The summed E-state index contributed by atoms with van der Waals surface area (Å²) in [5.41, 5.74) is 2.04. The first-order valence-corrected chi connectivity index (χ1v) is 5.94. The third kappa shape index (κ3) is 2.53. The topological polar surface area (TPSA) is 79.0 Å². The minimum absolute atomic E-state index is 0.0219. The van der Waals surface area contributed by atoms with Crippen LogP contribution in [-0.2, 0) is 17.5 Å². The molecule has 0 bridgehead atoms. The van der Waals surface area contributed by atoms with Gasteiger partial charge in [-0.05, 0) is 5.16 Å². The number of rotatable bonds is 4. The number of benzene rings is 1. The number of nitrogens with zero attached hydrogens (tertiary/aromatic N) is 2. The highest BCUT2D eigenvalue weighted by molar-refractivity contribution is 7.79. The second kappa shape index (κ2) is 5.00. The quantitative estimate of drug-likeness (QED) is 0.745. The molecule has 16 heavy (non-hydrogen) atoms. The second-order valence-corrected chi connectivity index (χ2v) is 4.20. The molecule has 0 N–H and O–H groups in total. The van der Waals surface area contributed by atoms with E-state index in [2.05, 4.69) is 14.9 Å². The van der Waals surface area contributed by atoms with Crippen LogP contribution in [0.15, 0.2) is 35.0 Å². The molecule has 0 radical (unpaired) electrons. The molecular formula is C10H9N2O3S-. The average Bonchev–Trinajstić information content (AvgIpc) is 2.75. The van der Waals surface area contributed by atoms with Gasteiger partial charge in [0.25, 0.3) is 0 Å². The zero-order valence-electron chi connectivity index (χ0n) is 8.33. The van der Waals surface area contributed by atoms with Gasteiger partial charge in [-0.2, -0.15) is 0 Å². The molecule has 0 spiro atoms. The van der Waals surface area contributed by atoms with Crippen molar-refractivity contribution in [2.75, 3.05) is 5.75 Å². The molecule has 0 saturated heterocycles. The molecule has 2 rings (SSSR count). The molecule has 1 atom stereocenters. The highest BCUT2D eigenvalue weighted by Crippen LogP contribution is 2.20. The lowest BCUT2D eigenvalue weighted by Crippen LogP contribution is -2.01. The summed E-state index contributed by atoms with van der Waals surface area (Å²) in [4.78, 5) is 0. The standard InChI is InChI=1S/C10H10N2O3S/c13-16(14)7-6-9-10(12-15-11-9)8-4-2-1-3-5-8/h1-5H,6-7H2,(H,13,14)/p-1. The van der Waals surface area contributed by atoms with Crippen LogP contribution in [0.1, 0.15) is 5.69 Å². The van der Waals surface area contributed by atoms with Gasteiger partial charge in [-0.25, -0.2) is 4.63 Å². The number of aryl methyl sites for hydroxylation is 1. The zero-order chi connectivity index (χ0) is 11.4. The maximum Gasteiger partial charge on any atom is 0.138 e. The normalized spacial score (nSPS) is 12.6. The van der Waals surface area contributed by atoms with Crippen LogP contribution in [-0.4, -0.2) is 24.8 Å². The third-order valence-electron chi connectivity index (χ3n) is 2.11. The molecule has 84 valence electrons. The van der Waals surface area contributed by atoms with Gasteiger partial charge in [0.1, 0.15) is 11.4 Å². The highest BCUT2D eigenvalue weighted by Gasteiger charge is 2.11. The van der Waals surface area contributed by atoms with E-state index in [0.717, 1.165) is 5.56 Å². The molecule has 0 saturated carbocycles. The first-order valence-electron chi connectivity index (χ1n) is 4.70. The smallest absolute Gasteiger partial charge is 0.138 e. The first-order chi connectivity index (χ1) is 7.77. The number of aromatic nitrogens is 2. The van der Waals surface area contributed by atoms with Gasteiger partial charge in [0.2, 0.25) is 0 Å². The molecule has 2 aromatic rings. The Morgan fingerprint density at radius 1 is 1.25 bits per heavy atom. The predicted molar refractivity (Wildman–Crippen MR) is 57.2 cm³/mol. The van der Waals surface area contributed by atoms with Crippen molar-refractivity contribution in [2.24, 2.45) is 0 Å². The molecule has 0 aliphatic carbocycles. The summed E-state index contributed by atoms with van der Waals surface area (Å²) in [5, 5.41) is 7.48. The van der Waals surface area contributed by atoms with Crippen LogP contribution in [0, 0.1) is 0 Å². The fourth-order valence-electron chi connectivity index (χ4n) is 1.37. The van der Waals surface area contributed by atoms with E-state index in [0.29, 0.717) is 17.8 Å². The SMILES string of the molecule is O=S([O-])CCc1nonc1-c1ccccc1. The summed E-state index contributed by atoms with van der Waals surface area (Å²) in [6.45, 7) is 0. The highest BCUT2D eigenvalue weighted by atomic mass is 32.2. The van der Waals surface area contributed by atoms with E-state index < -0.39 is 11.1 Å². The van der Waals surface area contributed by atoms with Gasteiger partial charge in [-0.1, -0.05) is 46.6 Å². The third-order valence-corrected chi connectivity index (χ3v) is 2.65. The van der Waals surface area contributed by atoms with Crippen LogP contribution in [0.5, 0.6) is 0 Å². The summed E-state index contributed by atoms with van der Waals surface area (Å²) in [5.74, 6) is 0.0219. The van der Waals surface area contributed by atoms with E-state index in [9.17, 15) is 8.76 Å². The molecule has 6 heteroatoms. The molecule has 0 amide bonds. The Morgan fingerprint density at radius 2 is 2.00 bits per heavy atom. The Balaban J connectivity index is 2.23. The van der Waals surface area contributed by atoms with Crippen molar-refractivity contribution in [1.82, 2.24) is 10.3 Å². The minimum Gasteiger partial charge on any atom is -0.772 e. The lowest BCUT2D eigenvalue weighted by Gasteiger charge is -2.02. The maximum absolute atomic E-state index is 10.5. The fraction of sp³-hybridized carbons (Fsp3) is 0.200. The average molecular weight is 237 g/mol. The molecule has 0 aliphatic rings. The van der Waals surface area contributed by atoms with Crippen LogP contribution >= 0.6 is 0 Å². The Bertz CT molecular complexity index is 484. The number of hydrogen-bond acceptors (Lipinski definition) is 5. The molecule has 1 aromatic heterocycles. The van der Waals surface area contributed by atoms with E-state index in [4.69, 9.17) is 0 Å². The van der Waals surface area contributed by atoms with Crippen LogP contribution in [0.3, 0.4) is 0 Å². The van der Waals surface area contributed by atoms with Crippen molar-refractivity contribution in [3.05, 3.63) is 36.0 Å². The van der Waals surface area contributed by atoms with Gasteiger partial charge in [0.15, 0.2) is 0 Å². The van der Waals surface area contributed by atoms with Crippen LogP contribution in [0.4, 0.5) is 0 Å². The molecule has 0 aliphatic heterocycles. The Morgan fingerprint density at radius 3 is 2.69 bits per heavy atom. The van der Waals surface area contributed by atoms with E-state index in [1.807, 2.05) is 30.3 Å². The van der Waals surface area contributed by atoms with E-state index in [1.165, 1.54) is 0 Å². The predicted octanol–water partition coefficient (Wildman–Crippen LogP) is 1.16. The number of hydrogen-bond donors (Lipinski definition) is 0. The summed E-state index contributed by atoms with van der Waals surface area (Å²) < 4.78 is 25.6. The van der Waals surface area contributed by atoms with Crippen molar-refractivity contribution in [2.45, 2.75) is 6.42 Å². The van der Waals surface area contributed by atoms with Gasteiger partial charge < -0.3 is 4.55 Å². The molecule has 1 aromatic carbocycles. The molecule has 0 fully saturated rings. The van der Waals surface area contributed by atoms with Crippen LogP contribution in [0.2, 0.25) is 0 Å². The Labute approximate surface area is 94.7 Å². The van der Waals surface area contributed by atoms with Gasteiger partial charge in [0.05, 0.1) is 0 Å². The second-order valence-electron chi connectivity index (χ2n) is 3.18.